The maximum Gasteiger partial charge on any atom is 0.333 e. The number of carbonyl (C=O) groups is 1. The molecule has 0 aliphatic heterocycles. The van der Waals surface area contributed by atoms with E-state index in [1.165, 1.54) is 25.2 Å². The molecular formula is C19H22KN4O5S. The summed E-state index contributed by atoms with van der Waals surface area (Å²) in [5, 5.41) is 2.72. The van der Waals surface area contributed by atoms with Gasteiger partial charge < -0.3 is 9.88 Å². The third kappa shape index (κ3) is 4.11. The van der Waals surface area contributed by atoms with Crippen LogP contribution in [0.1, 0.15) is 35.1 Å². The first kappa shape index (κ1) is 23.4. The number of hydrogen-bond donors (Lipinski definition) is 2. The Bertz CT molecular complexity index is 1230. The van der Waals surface area contributed by atoms with Crippen molar-refractivity contribution in [1.82, 2.24) is 13.9 Å². The summed E-state index contributed by atoms with van der Waals surface area (Å²) in [6.07, 6.45) is 6.50. The molecule has 155 valence electrons. The maximum atomic E-state index is 12.6. The molecule has 0 unspecified atom stereocenters. The van der Waals surface area contributed by atoms with E-state index >= 15 is 0 Å². The van der Waals surface area contributed by atoms with Crippen molar-refractivity contribution in [2.45, 2.75) is 43.4 Å². The molecule has 0 fully saturated rings. The largest absolute Gasteiger partial charge is 0.333 e. The molecule has 2 N–H and O–H groups in total. The number of aromatic nitrogens is 2. The maximum absolute atomic E-state index is 12.6. The number of amides is 2. The number of fused-ring (bicyclic) bond motifs is 2. The van der Waals surface area contributed by atoms with Gasteiger partial charge in [-0.05, 0) is 60.8 Å². The Balaban J connectivity index is 0.00000256. The fourth-order valence-electron chi connectivity index (χ4n) is 4.24. The minimum absolute atomic E-state index is 0. The van der Waals surface area contributed by atoms with Crippen LogP contribution in [0.4, 0.5) is 10.5 Å². The standard InChI is InChI=1S/C19H22N4O5S.K/c1-22-10-15(17(24)23(2)19(22)26)29(27,28)21-18(25)20-16-13-7-3-5-11(13)9-12-6-4-8-14(12)16;/h9-10H,3-8H2,1-2H3,(H2,20,21,25);. The summed E-state index contributed by atoms with van der Waals surface area (Å²) in [4.78, 5) is 35.9. The summed E-state index contributed by atoms with van der Waals surface area (Å²) in [6, 6.07) is 1.29. The third-order valence-electron chi connectivity index (χ3n) is 5.64. The molecule has 0 atom stereocenters. The molecule has 4 rings (SSSR count). The van der Waals surface area contributed by atoms with Gasteiger partial charge in [0.2, 0.25) is 0 Å². The zero-order valence-corrected chi connectivity index (χ0v) is 21.2. The first-order valence-electron chi connectivity index (χ1n) is 9.46. The normalized spacial score (nSPS) is 14.6. The van der Waals surface area contributed by atoms with Crippen LogP contribution in [0.5, 0.6) is 0 Å². The second kappa shape index (κ2) is 8.71. The van der Waals surface area contributed by atoms with E-state index in [4.69, 9.17) is 0 Å². The molecule has 1 radical (unpaired) electrons. The molecular weight excluding hydrogens is 435 g/mol. The molecule has 0 spiro atoms. The van der Waals surface area contributed by atoms with Gasteiger partial charge in [-0.2, -0.15) is 0 Å². The molecule has 0 saturated heterocycles. The second-order valence-electron chi connectivity index (χ2n) is 7.54. The molecule has 2 aliphatic carbocycles. The Kier molecular flexibility index (Phi) is 6.80. The summed E-state index contributed by atoms with van der Waals surface area (Å²) in [5.41, 5.74) is 3.59. The number of benzene rings is 1. The van der Waals surface area contributed by atoms with Gasteiger partial charge in [-0.15, -0.1) is 0 Å². The SMILES string of the molecule is Cn1cc(S(=O)(=O)NC(=O)Nc2c3c(cc4c2CCC4)CCC3)c(=O)n(C)c1=O.[K]. The summed E-state index contributed by atoms with van der Waals surface area (Å²) >= 11 is 0. The summed E-state index contributed by atoms with van der Waals surface area (Å²) in [5.74, 6) is 0. The van der Waals surface area contributed by atoms with Crippen LogP contribution in [0.15, 0.2) is 26.7 Å². The summed E-state index contributed by atoms with van der Waals surface area (Å²) in [6.45, 7) is 0. The number of aryl methyl sites for hydroxylation is 3. The Hall–Kier alpha value is -1.24. The van der Waals surface area contributed by atoms with E-state index in [-0.39, 0.29) is 51.4 Å². The van der Waals surface area contributed by atoms with Gasteiger partial charge in [-0.25, -0.2) is 22.7 Å². The number of sulfonamides is 1. The predicted molar refractivity (Wildman–Crippen MR) is 113 cm³/mol. The number of urea groups is 1. The van der Waals surface area contributed by atoms with Gasteiger partial charge in [0.1, 0.15) is 0 Å². The van der Waals surface area contributed by atoms with Crippen LogP contribution in [0.25, 0.3) is 0 Å². The van der Waals surface area contributed by atoms with Crippen LogP contribution in [-0.2, 0) is 49.8 Å². The Morgan fingerprint density at radius 2 is 1.57 bits per heavy atom. The molecule has 1 aromatic heterocycles. The zero-order chi connectivity index (χ0) is 20.9. The first-order valence-corrected chi connectivity index (χ1v) is 10.9. The Labute approximate surface area is 216 Å². The van der Waals surface area contributed by atoms with E-state index in [1.807, 2.05) is 4.72 Å². The molecule has 2 aliphatic rings. The molecule has 11 heteroatoms. The Morgan fingerprint density at radius 1 is 1.00 bits per heavy atom. The fraction of sp³-hybridized carbons (Fsp3) is 0.421. The number of nitrogens with zero attached hydrogens (tertiary/aromatic N) is 2. The minimum atomic E-state index is -4.46. The van der Waals surface area contributed by atoms with Crippen molar-refractivity contribution in [3.05, 3.63) is 55.4 Å². The molecule has 0 saturated carbocycles. The van der Waals surface area contributed by atoms with E-state index in [2.05, 4.69) is 11.4 Å². The fourth-order valence-corrected chi connectivity index (χ4v) is 5.31. The van der Waals surface area contributed by atoms with Crippen molar-refractivity contribution in [2.75, 3.05) is 5.32 Å². The van der Waals surface area contributed by atoms with Crippen molar-refractivity contribution in [2.24, 2.45) is 14.1 Å². The van der Waals surface area contributed by atoms with Gasteiger partial charge in [0.25, 0.3) is 15.6 Å². The van der Waals surface area contributed by atoms with E-state index in [1.54, 1.807) is 0 Å². The molecule has 1 aromatic carbocycles. The van der Waals surface area contributed by atoms with Crippen LogP contribution in [0, 0.1) is 0 Å². The van der Waals surface area contributed by atoms with Crippen LogP contribution < -0.4 is 21.3 Å². The number of rotatable bonds is 3. The van der Waals surface area contributed by atoms with Crippen molar-refractivity contribution in [3.8, 4) is 0 Å². The van der Waals surface area contributed by atoms with Crippen LogP contribution in [-0.4, -0.2) is 75.0 Å². The van der Waals surface area contributed by atoms with Gasteiger partial charge >= 0.3 is 11.7 Å². The zero-order valence-electron chi connectivity index (χ0n) is 17.2. The van der Waals surface area contributed by atoms with Gasteiger partial charge in [0.15, 0.2) is 4.90 Å². The average molecular weight is 458 g/mol. The monoisotopic (exact) mass is 457 g/mol. The number of nitrogens with one attached hydrogen (secondary N) is 2. The Morgan fingerprint density at radius 3 is 2.13 bits per heavy atom. The van der Waals surface area contributed by atoms with E-state index in [9.17, 15) is 22.8 Å². The van der Waals surface area contributed by atoms with Crippen molar-refractivity contribution in [3.63, 3.8) is 0 Å². The van der Waals surface area contributed by atoms with Crippen LogP contribution >= 0.6 is 0 Å². The smallest absolute Gasteiger partial charge is 0.307 e. The van der Waals surface area contributed by atoms with Crippen molar-refractivity contribution in [1.29, 1.82) is 0 Å². The molecule has 0 bridgehead atoms. The second-order valence-corrected chi connectivity index (χ2v) is 9.20. The van der Waals surface area contributed by atoms with E-state index in [0.717, 1.165) is 60.4 Å². The molecule has 2 aromatic rings. The topological polar surface area (TPSA) is 119 Å². The molecule has 9 nitrogen and oxygen atoms in total. The van der Waals surface area contributed by atoms with E-state index in [0.29, 0.717) is 10.3 Å². The van der Waals surface area contributed by atoms with Crippen LogP contribution in [0.3, 0.4) is 0 Å². The summed E-state index contributed by atoms with van der Waals surface area (Å²) < 4.78 is 28.8. The predicted octanol–water partition coefficient (Wildman–Crippen LogP) is 0.191. The van der Waals surface area contributed by atoms with Gasteiger partial charge in [-0.1, -0.05) is 6.07 Å². The number of anilines is 1. The molecule has 2 amide bonds. The van der Waals surface area contributed by atoms with Gasteiger partial charge in [0, 0.05) is 77.4 Å². The van der Waals surface area contributed by atoms with Gasteiger partial charge in [-0.3, -0.25) is 9.36 Å². The van der Waals surface area contributed by atoms with Crippen molar-refractivity contribution < 1.29 is 13.2 Å². The van der Waals surface area contributed by atoms with Gasteiger partial charge in [0.05, 0.1) is 0 Å². The van der Waals surface area contributed by atoms with Crippen molar-refractivity contribution >= 4 is 73.1 Å². The van der Waals surface area contributed by atoms with Crippen LogP contribution in [0.2, 0.25) is 0 Å². The minimum Gasteiger partial charge on any atom is -0.307 e. The average Bonchev–Trinajstić information content (AvgIpc) is 3.31. The first-order chi connectivity index (χ1) is 13.7. The van der Waals surface area contributed by atoms with E-state index < -0.39 is 32.2 Å². The molecule has 1 heterocycles. The number of carbonyl (C=O) groups excluding carboxylic acids is 1. The summed E-state index contributed by atoms with van der Waals surface area (Å²) in [7, 11) is -1.94. The third-order valence-corrected chi connectivity index (χ3v) is 6.96. The quantitative estimate of drug-likeness (QED) is 0.638. The number of hydrogen-bond acceptors (Lipinski definition) is 5. The molecule has 30 heavy (non-hydrogen) atoms.